The van der Waals surface area contributed by atoms with Gasteiger partial charge in [0.25, 0.3) is 0 Å². The van der Waals surface area contributed by atoms with Gasteiger partial charge in [-0.3, -0.25) is 0 Å². The molecular weight excluding hydrogens is 218 g/mol. The number of hydrogen-bond acceptors (Lipinski definition) is 3. The fourth-order valence-corrected chi connectivity index (χ4v) is 3.00. The van der Waals surface area contributed by atoms with Gasteiger partial charge >= 0.3 is 0 Å². The molecule has 0 bridgehead atoms. The van der Waals surface area contributed by atoms with Crippen LogP contribution in [0.2, 0.25) is 0 Å². The van der Waals surface area contributed by atoms with E-state index in [2.05, 4.69) is 31.3 Å². The van der Waals surface area contributed by atoms with Crippen molar-refractivity contribution in [1.82, 2.24) is 5.32 Å². The lowest BCUT2D eigenvalue weighted by Gasteiger charge is -2.24. The van der Waals surface area contributed by atoms with Crippen LogP contribution in [0, 0.1) is 12.8 Å². The zero-order valence-corrected chi connectivity index (χ0v) is 11.0. The minimum Gasteiger partial charge on any atom is -0.381 e. The second-order valence-electron chi connectivity index (χ2n) is 4.66. The number of ether oxygens (including phenoxy) is 1. The maximum absolute atomic E-state index is 5.49. The average molecular weight is 239 g/mol. The zero-order valence-electron chi connectivity index (χ0n) is 10.2. The van der Waals surface area contributed by atoms with E-state index in [4.69, 9.17) is 4.74 Å². The van der Waals surface area contributed by atoms with Gasteiger partial charge < -0.3 is 10.1 Å². The molecule has 1 aromatic heterocycles. The van der Waals surface area contributed by atoms with Gasteiger partial charge in [0.15, 0.2) is 0 Å². The Kier molecular flexibility index (Phi) is 4.38. The number of nitrogens with one attached hydrogen (secondary N) is 1. The van der Waals surface area contributed by atoms with E-state index in [1.165, 1.54) is 22.6 Å². The molecule has 1 aliphatic rings. The van der Waals surface area contributed by atoms with Crippen molar-refractivity contribution < 1.29 is 4.74 Å². The van der Waals surface area contributed by atoms with Crippen LogP contribution in [0.3, 0.4) is 0 Å². The lowest BCUT2D eigenvalue weighted by atomic mass is 10.0. The van der Waals surface area contributed by atoms with E-state index in [0.717, 1.165) is 19.8 Å². The van der Waals surface area contributed by atoms with Gasteiger partial charge in [-0.2, -0.15) is 0 Å². The van der Waals surface area contributed by atoms with Crippen molar-refractivity contribution in [3.63, 3.8) is 0 Å². The summed E-state index contributed by atoms with van der Waals surface area (Å²) in [5.41, 5.74) is 0. The molecule has 3 heteroatoms. The third-order valence-electron chi connectivity index (χ3n) is 3.16. The van der Waals surface area contributed by atoms with E-state index in [0.29, 0.717) is 12.0 Å². The Bertz CT molecular complexity index is 317. The smallest absolute Gasteiger partial charge is 0.0506 e. The number of aryl methyl sites for hydroxylation is 1. The Morgan fingerprint density at radius 1 is 1.56 bits per heavy atom. The van der Waals surface area contributed by atoms with E-state index < -0.39 is 0 Å². The minimum absolute atomic E-state index is 0.473. The van der Waals surface area contributed by atoms with Crippen LogP contribution >= 0.6 is 11.3 Å². The highest BCUT2D eigenvalue weighted by molar-refractivity contribution is 7.12. The summed E-state index contributed by atoms with van der Waals surface area (Å²) in [7, 11) is 0. The van der Waals surface area contributed by atoms with Crippen LogP contribution in [0.4, 0.5) is 0 Å². The lowest BCUT2D eigenvalue weighted by molar-refractivity contribution is 0.0540. The fourth-order valence-electron chi connectivity index (χ4n) is 2.10. The molecule has 1 N–H and O–H groups in total. The van der Waals surface area contributed by atoms with Crippen LogP contribution in [-0.4, -0.2) is 19.8 Å². The molecule has 1 fully saturated rings. The van der Waals surface area contributed by atoms with E-state index >= 15 is 0 Å². The molecule has 0 radical (unpaired) electrons. The zero-order chi connectivity index (χ0) is 11.4. The van der Waals surface area contributed by atoms with Gasteiger partial charge in [-0.05, 0) is 44.7 Å². The summed E-state index contributed by atoms with van der Waals surface area (Å²) in [6, 6.07) is 4.90. The summed E-state index contributed by atoms with van der Waals surface area (Å²) in [5.74, 6) is 0.706. The first-order valence-electron chi connectivity index (χ1n) is 6.13. The second-order valence-corrected chi connectivity index (χ2v) is 5.98. The normalized spacial score (nSPS) is 23.2. The highest BCUT2D eigenvalue weighted by Gasteiger charge is 2.15. The molecule has 2 heterocycles. The van der Waals surface area contributed by atoms with Crippen LogP contribution in [0.5, 0.6) is 0 Å². The Balaban J connectivity index is 1.76. The van der Waals surface area contributed by atoms with Crippen LogP contribution in [0.15, 0.2) is 12.1 Å². The predicted molar refractivity (Wildman–Crippen MR) is 69.0 cm³/mol. The standard InChI is InChI=1S/C13H21NOS/c1-10-5-6-13(16-10)11(2)14-8-12-4-3-7-15-9-12/h5-6,11-12,14H,3-4,7-9H2,1-2H3. The van der Waals surface area contributed by atoms with E-state index in [9.17, 15) is 0 Å². The molecule has 1 aliphatic heterocycles. The Hall–Kier alpha value is -0.380. The van der Waals surface area contributed by atoms with E-state index in [1.807, 2.05) is 11.3 Å². The molecule has 90 valence electrons. The summed E-state index contributed by atoms with van der Waals surface area (Å²) >= 11 is 1.89. The largest absolute Gasteiger partial charge is 0.381 e. The first-order chi connectivity index (χ1) is 7.75. The van der Waals surface area contributed by atoms with Crippen LogP contribution in [0.1, 0.15) is 35.6 Å². The molecule has 2 atom stereocenters. The maximum atomic E-state index is 5.49. The highest BCUT2D eigenvalue weighted by atomic mass is 32.1. The Labute approximate surface area is 102 Å². The first-order valence-corrected chi connectivity index (χ1v) is 6.95. The van der Waals surface area contributed by atoms with Gasteiger partial charge in [0.1, 0.15) is 0 Å². The number of rotatable bonds is 4. The monoisotopic (exact) mass is 239 g/mol. The third-order valence-corrected chi connectivity index (χ3v) is 4.34. The highest BCUT2D eigenvalue weighted by Crippen LogP contribution is 2.23. The molecule has 0 saturated carbocycles. The molecule has 2 nitrogen and oxygen atoms in total. The summed E-state index contributed by atoms with van der Waals surface area (Å²) in [6.07, 6.45) is 2.53. The molecule has 2 rings (SSSR count). The van der Waals surface area contributed by atoms with Gasteiger partial charge in [0.2, 0.25) is 0 Å². The van der Waals surface area contributed by atoms with Gasteiger partial charge in [-0.1, -0.05) is 0 Å². The van der Waals surface area contributed by atoms with Gasteiger partial charge in [-0.25, -0.2) is 0 Å². The van der Waals surface area contributed by atoms with Crippen molar-refractivity contribution in [3.8, 4) is 0 Å². The second kappa shape index (κ2) is 5.80. The van der Waals surface area contributed by atoms with Crippen molar-refractivity contribution in [2.45, 2.75) is 32.7 Å². The molecule has 0 aliphatic carbocycles. The molecule has 0 spiro atoms. The van der Waals surface area contributed by atoms with Crippen molar-refractivity contribution in [3.05, 3.63) is 21.9 Å². The lowest BCUT2D eigenvalue weighted by Crippen LogP contribution is -2.30. The van der Waals surface area contributed by atoms with Crippen molar-refractivity contribution in [1.29, 1.82) is 0 Å². The summed E-state index contributed by atoms with van der Waals surface area (Å²) < 4.78 is 5.49. The number of thiophene rings is 1. The molecule has 1 saturated heterocycles. The average Bonchev–Trinajstić information content (AvgIpc) is 2.74. The minimum atomic E-state index is 0.473. The fraction of sp³-hybridized carbons (Fsp3) is 0.692. The maximum Gasteiger partial charge on any atom is 0.0506 e. The molecule has 0 aromatic carbocycles. The Morgan fingerprint density at radius 2 is 2.44 bits per heavy atom. The van der Waals surface area contributed by atoms with Crippen LogP contribution in [0.25, 0.3) is 0 Å². The Morgan fingerprint density at radius 3 is 3.06 bits per heavy atom. The van der Waals surface area contributed by atoms with Gasteiger partial charge in [-0.15, -0.1) is 11.3 Å². The SMILES string of the molecule is Cc1ccc(C(C)NCC2CCCOC2)s1. The summed E-state index contributed by atoms with van der Waals surface area (Å²) in [5, 5.41) is 3.61. The predicted octanol–water partition coefficient (Wildman–Crippen LogP) is 3.13. The van der Waals surface area contributed by atoms with E-state index in [1.54, 1.807) is 0 Å². The van der Waals surface area contributed by atoms with Crippen molar-refractivity contribution >= 4 is 11.3 Å². The number of hydrogen-bond donors (Lipinski definition) is 1. The van der Waals surface area contributed by atoms with Gasteiger partial charge in [0, 0.05) is 28.9 Å². The molecule has 2 unspecified atom stereocenters. The molecule has 0 amide bonds. The van der Waals surface area contributed by atoms with Crippen LogP contribution in [-0.2, 0) is 4.74 Å². The van der Waals surface area contributed by atoms with Crippen molar-refractivity contribution in [2.24, 2.45) is 5.92 Å². The molecule has 1 aromatic rings. The summed E-state index contributed by atoms with van der Waals surface area (Å²) in [4.78, 5) is 2.83. The van der Waals surface area contributed by atoms with Crippen molar-refractivity contribution in [2.75, 3.05) is 19.8 Å². The quantitative estimate of drug-likeness (QED) is 0.871. The topological polar surface area (TPSA) is 21.3 Å². The first kappa shape index (κ1) is 12.1. The molecule has 16 heavy (non-hydrogen) atoms. The van der Waals surface area contributed by atoms with Gasteiger partial charge in [0.05, 0.1) is 6.61 Å². The third kappa shape index (κ3) is 3.30. The van der Waals surface area contributed by atoms with Crippen LogP contribution < -0.4 is 5.32 Å². The summed E-state index contributed by atoms with van der Waals surface area (Å²) in [6.45, 7) is 7.38. The molecular formula is C13H21NOS. The van der Waals surface area contributed by atoms with E-state index in [-0.39, 0.29) is 0 Å².